The molecule has 19 heavy (non-hydrogen) atoms. The van der Waals surface area contributed by atoms with E-state index >= 15 is 0 Å². The highest BCUT2D eigenvalue weighted by Gasteiger charge is 2.12. The van der Waals surface area contributed by atoms with Crippen LogP contribution in [-0.2, 0) is 6.54 Å². The van der Waals surface area contributed by atoms with E-state index in [1.807, 2.05) is 18.4 Å². The Morgan fingerprint density at radius 1 is 1.37 bits per heavy atom. The van der Waals surface area contributed by atoms with Gasteiger partial charge in [-0.05, 0) is 17.7 Å². The molecule has 0 amide bonds. The van der Waals surface area contributed by atoms with Gasteiger partial charge in [0.1, 0.15) is 5.82 Å². The van der Waals surface area contributed by atoms with Crippen molar-refractivity contribution in [1.29, 1.82) is 0 Å². The molecule has 2 aromatic rings. The fourth-order valence-corrected chi connectivity index (χ4v) is 2.07. The molecule has 1 heterocycles. The molecule has 1 aromatic heterocycles. The summed E-state index contributed by atoms with van der Waals surface area (Å²) in [4.78, 5) is 11.8. The molecule has 0 N–H and O–H groups in total. The third-order valence-electron chi connectivity index (χ3n) is 2.94. The first-order valence-electron chi connectivity index (χ1n) is 6.12. The van der Waals surface area contributed by atoms with Crippen molar-refractivity contribution in [3.05, 3.63) is 58.6 Å². The van der Waals surface area contributed by atoms with Crippen molar-refractivity contribution in [1.82, 2.24) is 4.57 Å². The molecule has 0 aliphatic carbocycles. The number of hydrogen-bond donors (Lipinski definition) is 0. The molecule has 0 radical (unpaired) electrons. The number of halogens is 2. The van der Waals surface area contributed by atoms with Crippen LogP contribution < -0.4 is 0 Å². The molecule has 0 saturated heterocycles. The number of nitrogens with zero attached hydrogens (tertiary/aromatic N) is 1. The van der Waals surface area contributed by atoms with E-state index in [-0.39, 0.29) is 16.7 Å². The topological polar surface area (TPSA) is 22.0 Å². The largest absolute Gasteiger partial charge is 0.349 e. The number of Topliss-reactive ketones (excluding diaryl/α,β-unsaturated/α-hetero) is 1. The molecule has 0 saturated carbocycles. The van der Waals surface area contributed by atoms with Crippen LogP contribution in [0.15, 0.2) is 36.7 Å². The third kappa shape index (κ3) is 3.04. The summed E-state index contributed by atoms with van der Waals surface area (Å²) in [6, 6.07) is 6.50. The maximum atomic E-state index is 13.3. The van der Waals surface area contributed by atoms with Gasteiger partial charge in [0.2, 0.25) is 0 Å². The molecular weight excluding hydrogens is 265 g/mol. The summed E-state index contributed by atoms with van der Waals surface area (Å²) in [5, 5.41) is 0.132. The highest BCUT2D eigenvalue weighted by molar-refractivity contribution is 6.31. The van der Waals surface area contributed by atoms with Crippen LogP contribution in [0.25, 0.3) is 0 Å². The van der Waals surface area contributed by atoms with Crippen LogP contribution in [0.2, 0.25) is 5.02 Å². The maximum Gasteiger partial charge on any atom is 0.166 e. The molecule has 100 valence electrons. The first-order chi connectivity index (χ1) is 8.99. The average molecular weight is 280 g/mol. The lowest BCUT2D eigenvalue weighted by molar-refractivity contribution is 0.0939. The predicted octanol–water partition coefficient (Wildman–Crippen LogP) is 4.17. The Morgan fingerprint density at radius 3 is 2.79 bits per heavy atom. The molecular formula is C15H15ClFNO. The van der Waals surface area contributed by atoms with Crippen molar-refractivity contribution in [2.45, 2.75) is 20.4 Å². The Morgan fingerprint density at radius 2 is 2.11 bits per heavy atom. The van der Waals surface area contributed by atoms with Gasteiger partial charge in [0.15, 0.2) is 5.78 Å². The molecule has 0 aliphatic heterocycles. The van der Waals surface area contributed by atoms with Crippen LogP contribution in [0.3, 0.4) is 0 Å². The van der Waals surface area contributed by atoms with Crippen molar-refractivity contribution < 1.29 is 9.18 Å². The maximum absolute atomic E-state index is 13.3. The molecule has 0 bridgehead atoms. The van der Waals surface area contributed by atoms with Crippen molar-refractivity contribution in [3.63, 3.8) is 0 Å². The van der Waals surface area contributed by atoms with Crippen LogP contribution in [0.4, 0.5) is 4.39 Å². The number of ketones is 1. The summed E-state index contributed by atoms with van der Waals surface area (Å²) < 4.78 is 15.2. The summed E-state index contributed by atoms with van der Waals surface area (Å²) in [6.45, 7) is 4.17. The Labute approximate surface area is 116 Å². The minimum atomic E-state index is -0.426. The normalized spacial score (nSPS) is 11.0. The van der Waals surface area contributed by atoms with E-state index in [1.165, 1.54) is 6.07 Å². The lowest BCUT2D eigenvalue weighted by atomic mass is 10.0. The summed E-state index contributed by atoms with van der Waals surface area (Å²) >= 11 is 5.91. The number of rotatable bonds is 4. The predicted molar refractivity (Wildman–Crippen MR) is 74.1 cm³/mol. The quantitative estimate of drug-likeness (QED) is 0.770. The Kier molecular flexibility index (Phi) is 4.05. The Hall–Kier alpha value is -1.61. The second-order valence-electron chi connectivity index (χ2n) is 4.80. The summed E-state index contributed by atoms with van der Waals surface area (Å²) in [5.74, 6) is -0.359. The lowest BCUT2D eigenvalue weighted by Gasteiger charge is -2.06. The smallest absolute Gasteiger partial charge is 0.166 e. The van der Waals surface area contributed by atoms with Crippen LogP contribution in [0.5, 0.6) is 0 Å². The van der Waals surface area contributed by atoms with Gasteiger partial charge in [-0.2, -0.15) is 0 Å². The van der Waals surface area contributed by atoms with E-state index in [0.717, 1.165) is 0 Å². The lowest BCUT2D eigenvalue weighted by Crippen LogP contribution is -2.06. The number of hydrogen-bond acceptors (Lipinski definition) is 1. The zero-order chi connectivity index (χ0) is 14.0. The van der Waals surface area contributed by atoms with Crippen LogP contribution >= 0.6 is 11.6 Å². The molecule has 0 aliphatic rings. The summed E-state index contributed by atoms with van der Waals surface area (Å²) in [7, 11) is 0. The van der Waals surface area contributed by atoms with Crippen molar-refractivity contribution in [2.24, 2.45) is 5.92 Å². The number of carbonyl (C=O) groups is 1. The average Bonchev–Trinajstić information content (AvgIpc) is 2.82. The van der Waals surface area contributed by atoms with E-state index in [4.69, 9.17) is 11.6 Å². The number of aromatic nitrogens is 1. The van der Waals surface area contributed by atoms with Gasteiger partial charge in [0, 0.05) is 30.4 Å². The van der Waals surface area contributed by atoms with Crippen LogP contribution in [0.1, 0.15) is 29.8 Å². The monoisotopic (exact) mass is 279 g/mol. The van der Waals surface area contributed by atoms with Gasteiger partial charge in [-0.1, -0.05) is 37.6 Å². The second-order valence-corrected chi connectivity index (χ2v) is 5.18. The van der Waals surface area contributed by atoms with E-state index < -0.39 is 5.82 Å². The molecule has 2 rings (SSSR count). The van der Waals surface area contributed by atoms with Crippen LogP contribution in [0, 0.1) is 11.7 Å². The van der Waals surface area contributed by atoms with Gasteiger partial charge in [-0.15, -0.1) is 0 Å². The van der Waals surface area contributed by atoms with Gasteiger partial charge in [-0.25, -0.2) is 4.39 Å². The summed E-state index contributed by atoms with van der Waals surface area (Å²) in [6.07, 6.45) is 3.57. The minimum absolute atomic E-state index is 0.0337. The first kappa shape index (κ1) is 13.8. The zero-order valence-corrected chi connectivity index (χ0v) is 11.6. The van der Waals surface area contributed by atoms with Gasteiger partial charge < -0.3 is 4.57 Å². The first-order valence-corrected chi connectivity index (χ1v) is 6.49. The zero-order valence-electron chi connectivity index (χ0n) is 10.9. The number of benzene rings is 1. The van der Waals surface area contributed by atoms with E-state index in [2.05, 4.69) is 0 Å². The molecule has 0 spiro atoms. The second kappa shape index (κ2) is 5.57. The van der Waals surface area contributed by atoms with Gasteiger partial charge in [0.05, 0.1) is 5.02 Å². The van der Waals surface area contributed by atoms with E-state index in [1.54, 1.807) is 30.6 Å². The molecule has 0 fully saturated rings. The van der Waals surface area contributed by atoms with Gasteiger partial charge in [0.25, 0.3) is 0 Å². The highest BCUT2D eigenvalue weighted by atomic mass is 35.5. The van der Waals surface area contributed by atoms with Crippen LogP contribution in [-0.4, -0.2) is 10.4 Å². The molecule has 4 heteroatoms. The molecule has 0 atom stereocenters. The van der Waals surface area contributed by atoms with Gasteiger partial charge in [-0.3, -0.25) is 4.79 Å². The minimum Gasteiger partial charge on any atom is -0.349 e. The SMILES string of the molecule is CC(C)C(=O)c1ccn(Cc2cccc(F)c2Cl)c1. The molecule has 2 nitrogen and oxygen atoms in total. The van der Waals surface area contributed by atoms with Crippen molar-refractivity contribution >= 4 is 17.4 Å². The fourth-order valence-electron chi connectivity index (χ4n) is 1.89. The third-order valence-corrected chi connectivity index (χ3v) is 3.37. The molecule has 1 aromatic carbocycles. The van der Waals surface area contributed by atoms with E-state index in [0.29, 0.717) is 17.7 Å². The number of carbonyl (C=O) groups excluding carboxylic acids is 1. The summed E-state index contributed by atoms with van der Waals surface area (Å²) in [5.41, 5.74) is 1.36. The fraction of sp³-hybridized carbons (Fsp3) is 0.267. The molecule has 0 unspecified atom stereocenters. The Balaban J connectivity index is 2.21. The van der Waals surface area contributed by atoms with E-state index in [9.17, 15) is 9.18 Å². The Bertz CT molecular complexity index is 604. The van der Waals surface area contributed by atoms with Crippen molar-refractivity contribution in [3.8, 4) is 0 Å². The highest BCUT2D eigenvalue weighted by Crippen LogP contribution is 2.21. The standard InChI is InChI=1S/C15H15ClFNO/c1-10(2)15(19)12-6-7-18(9-12)8-11-4-3-5-13(17)14(11)16/h3-7,9-10H,8H2,1-2H3. The van der Waals surface area contributed by atoms with Gasteiger partial charge >= 0.3 is 0 Å². The van der Waals surface area contributed by atoms with Crippen molar-refractivity contribution in [2.75, 3.05) is 0 Å².